The number of rotatable bonds is 15. The summed E-state index contributed by atoms with van der Waals surface area (Å²) in [5, 5.41) is 23.4. The number of pyridine rings is 1. The average Bonchev–Trinajstić information content (AvgIpc) is 1.71. The molecule has 0 bridgehead atoms. The zero-order valence-corrected chi connectivity index (χ0v) is 79.5. The van der Waals surface area contributed by atoms with Gasteiger partial charge in [-0.05, 0) is 223 Å². The number of fused-ring (bicyclic) bond motifs is 15. The molecule has 22 aromatic carbocycles. The summed E-state index contributed by atoms with van der Waals surface area (Å²) in [4.78, 5) is 25.4. The van der Waals surface area contributed by atoms with Crippen molar-refractivity contribution >= 4 is 131 Å². The van der Waals surface area contributed by atoms with E-state index in [1.54, 1.807) is 0 Å². The van der Waals surface area contributed by atoms with E-state index in [2.05, 4.69) is 528 Å². The van der Waals surface area contributed by atoms with Crippen molar-refractivity contribution in [2.24, 2.45) is 4.99 Å². The lowest BCUT2D eigenvalue weighted by Gasteiger charge is -2.24. The van der Waals surface area contributed by atoms with Gasteiger partial charge in [0.25, 0.3) is 0 Å². The van der Waals surface area contributed by atoms with Crippen LogP contribution in [0.15, 0.2) is 527 Å². The van der Waals surface area contributed by atoms with E-state index < -0.39 is 0 Å². The lowest BCUT2D eigenvalue weighted by atomic mass is 9.85. The molecular weight excluding hydrogens is 1760 g/mol. The van der Waals surface area contributed by atoms with Gasteiger partial charge >= 0.3 is 0 Å². The maximum Gasteiger partial charge on any atom is 0.160 e. The summed E-state index contributed by atoms with van der Waals surface area (Å²) < 4.78 is 7.13. The van der Waals surface area contributed by atoms with Crippen LogP contribution in [0, 0.1) is 0 Å². The van der Waals surface area contributed by atoms with E-state index in [9.17, 15) is 0 Å². The van der Waals surface area contributed by atoms with Crippen molar-refractivity contribution in [2.75, 3.05) is 0 Å². The second-order valence-corrected chi connectivity index (χ2v) is 37.1. The molecule has 145 heavy (non-hydrogen) atoms. The monoisotopic (exact) mass is 1850 g/mol. The summed E-state index contributed by atoms with van der Waals surface area (Å²) in [6, 6.07) is 182. The number of hydrogen-bond acceptors (Lipinski definition) is 6. The molecule has 0 saturated carbocycles. The van der Waals surface area contributed by atoms with E-state index in [1.165, 1.54) is 153 Å². The Morgan fingerprint density at radius 3 is 1.06 bits per heavy atom. The Morgan fingerprint density at radius 2 is 0.600 bits per heavy atom. The highest BCUT2D eigenvalue weighted by atomic mass is 15.1. The average molecular weight is 1850 g/mol. The molecule has 0 amide bonds. The highest BCUT2D eigenvalue weighted by Gasteiger charge is 2.27. The predicted molar refractivity (Wildman–Crippen MR) is 607 cm³/mol. The number of nitrogens with one attached hydrogen (secondary N) is 1. The van der Waals surface area contributed by atoms with Gasteiger partial charge in [-0.2, -0.15) is 0 Å². The number of amidine groups is 1. The van der Waals surface area contributed by atoms with Crippen molar-refractivity contribution in [1.82, 2.24) is 39.0 Å². The number of para-hydroxylation sites is 6. The molecule has 28 rings (SSSR count). The Morgan fingerprint density at radius 1 is 0.241 bits per heavy atom. The normalized spacial score (nSPS) is 12.5. The van der Waals surface area contributed by atoms with Crippen LogP contribution in [0.2, 0.25) is 0 Å². The molecule has 1 atom stereocenters. The fourth-order valence-corrected chi connectivity index (χ4v) is 21.8. The highest BCUT2D eigenvalue weighted by Crippen LogP contribution is 2.48. The lowest BCUT2D eigenvalue weighted by molar-refractivity contribution is 0.875. The first kappa shape index (κ1) is 86.3. The Kier molecular flexibility index (Phi) is 22.2. The number of hydrogen-bond donors (Lipinski definition) is 1. The Balaban J connectivity index is 0.000000112. The van der Waals surface area contributed by atoms with Crippen molar-refractivity contribution in [3.8, 4) is 107 Å². The minimum Gasteiger partial charge on any atom is -0.340 e. The highest BCUT2D eigenvalue weighted by molar-refractivity contribution is 6.22. The molecular formula is C136H93N9. The fourth-order valence-electron chi connectivity index (χ4n) is 21.8. The largest absolute Gasteiger partial charge is 0.340 e. The van der Waals surface area contributed by atoms with Crippen molar-refractivity contribution in [3.63, 3.8) is 0 Å². The first-order valence-electron chi connectivity index (χ1n) is 49.7. The number of aliphatic imine (C=N–C) groups is 1. The van der Waals surface area contributed by atoms with Crippen molar-refractivity contribution in [3.05, 3.63) is 544 Å². The second kappa shape index (κ2) is 37.2. The number of benzene rings is 22. The maximum atomic E-state index is 5.47. The molecule has 1 unspecified atom stereocenters. The molecule has 0 fully saturated rings. The van der Waals surface area contributed by atoms with Crippen LogP contribution in [0.3, 0.4) is 0 Å². The summed E-state index contributed by atoms with van der Waals surface area (Å²) in [5.41, 5.74) is 31.3. The van der Waals surface area contributed by atoms with Gasteiger partial charge in [-0.25, -0.2) is 15.0 Å². The molecule has 6 heterocycles. The molecule has 682 valence electrons. The first-order chi connectivity index (χ1) is 71.9. The lowest BCUT2D eigenvalue weighted by Crippen LogP contribution is -2.27. The van der Waals surface area contributed by atoms with E-state index in [0.717, 1.165) is 108 Å². The molecule has 0 spiro atoms. The molecule has 1 aliphatic heterocycles. The van der Waals surface area contributed by atoms with Gasteiger partial charge in [0.2, 0.25) is 0 Å². The van der Waals surface area contributed by atoms with Crippen LogP contribution in [-0.2, 0) is 6.42 Å². The molecule has 5 aromatic heterocycles. The van der Waals surface area contributed by atoms with Crippen molar-refractivity contribution in [2.45, 2.75) is 19.4 Å². The van der Waals surface area contributed by atoms with Crippen LogP contribution in [0.5, 0.6) is 0 Å². The smallest absolute Gasteiger partial charge is 0.160 e. The van der Waals surface area contributed by atoms with E-state index >= 15 is 0 Å². The van der Waals surface area contributed by atoms with Gasteiger partial charge in [0.1, 0.15) is 11.7 Å². The molecule has 9 nitrogen and oxygen atoms in total. The van der Waals surface area contributed by atoms with Gasteiger partial charge in [-0.1, -0.05) is 419 Å². The zero-order valence-electron chi connectivity index (χ0n) is 79.5. The predicted octanol–water partition coefficient (Wildman–Crippen LogP) is 34.7. The third-order valence-corrected chi connectivity index (χ3v) is 28.6. The quantitative estimate of drug-likeness (QED) is 0.0816. The number of aromatic nitrogens is 7. The maximum absolute atomic E-state index is 5.47. The van der Waals surface area contributed by atoms with E-state index in [1.807, 2.05) is 24.4 Å². The molecule has 9 heteroatoms. The Hall–Kier alpha value is -19.1. The fraction of sp³-hybridized carbons (Fsp3) is 0.0221. The van der Waals surface area contributed by atoms with E-state index in [4.69, 9.17) is 19.9 Å². The van der Waals surface area contributed by atoms with Gasteiger partial charge in [0.05, 0.1) is 56.2 Å². The summed E-state index contributed by atoms with van der Waals surface area (Å²) in [7, 11) is 0. The third-order valence-electron chi connectivity index (χ3n) is 28.6. The molecule has 27 aromatic rings. The second-order valence-electron chi connectivity index (χ2n) is 37.1. The van der Waals surface area contributed by atoms with E-state index in [0.29, 0.717) is 5.82 Å². The van der Waals surface area contributed by atoms with Crippen LogP contribution in [0.1, 0.15) is 35.5 Å². The molecule has 0 aliphatic carbocycles. The summed E-state index contributed by atoms with van der Waals surface area (Å²) in [6.07, 6.45) is 4.98. The van der Waals surface area contributed by atoms with Crippen LogP contribution >= 0.6 is 0 Å². The van der Waals surface area contributed by atoms with Gasteiger partial charge < -0.3 is 14.5 Å². The minimum absolute atomic E-state index is 0.268. The molecule has 0 saturated heterocycles. The van der Waals surface area contributed by atoms with E-state index in [-0.39, 0.29) is 6.04 Å². The molecule has 1 N–H and O–H groups in total. The minimum atomic E-state index is -0.268. The SMILES string of the molecule is C1=C(c2ccc(-c3ccccc3)cc2)NC(c2ccccc2)=NC1c1cc(-n2c3ccccc3c3ccccc32)cc(-n2c3ccccc3c3ccccc32)c1.CCc1nc2ccccc2n1-c1ccc(-c2c3ccccc3c(-c3ccc(-c4ccccc4)cc3)c3ccccc23)cc1.c1ccc(-c2ccc(-c3nc(-c4cc5ccccc5c5ccccc45)cc(-c4cc5ccccc5c5ccccc45)n3)cc2)nc1. The van der Waals surface area contributed by atoms with Gasteiger partial charge in [0.15, 0.2) is 5.82 Å². The van der Waals surface area contributed by atoms with Gasteiger partial charge in [-0.3, -0.25) is 14.5 Å². The molecule has 1 aliphatic rings. The number of imidazole rings is 1. The topological polar surface area (TPSA) is 90.7 Å². The zero-order chi connectivity index (χ0) is 96.2. The van der Waals surface area contributed by atoms with Crippen molar-refractivity contribution < 1.29 is 0 Å². The molecule has 0 radical (unpaired) electrons. The van der Waals surface area contributed by atoms with Gasteiger partial charge in [0, 0.05) is 84.7 Å². The summed E-state index contributed by atoms with van der Waals surface area (Å²) in [5.74, 6) is 2.61. The Bertz CT molecular complexity index is 9300. The van der Waals surface area contributed by atoms with Crippen LogP contribution in [0.25, 0.3) is 232 Å². The number of nitrogens with zero attached hydrogens (tertiary/aromatic N) is 8. The number of aryl methyl sites for hydroxylation is 1. The summed E-state index contributed by atoms with van der Waals surface area (Å²) in [6.45, 7) is 2.17. The standard InChI is InChI=1S/C52H36N4.C43H27N3.C41H30N2/c1-3-15-35(16-4-1)36-27-29-37(30-28-36)46-34-47(54-52(53-46)38-17-5-2-6-18-38)39-31-40(55-48-23-11-7-19-42(48)43-20-8-12-24-49(43)55)33-41(32-39)56-50-25-13-9-21-44(50)45-22-10-14-26-51(45)56;1-3-13-32-30(11-1)25-38(36-17-7-5-15-34(32)36)41-27-42(39-26-31-12-2-4-14-33(31)35-16-6-8-18-37(35)39)46-43(45-41)29-22-20-28(21-23-29)40-19-9-10-24-44-40;1-2-39-42-37-18-10-11-19-38(37)43(39)32-26-24-31(25-27-32)41-35-16-8-6-14-33(35)40(34-15-7-9-17-36(34)41)30-22-20-29(21-23-30)28-12-4-3-5-13-28/h1-34,47H,(H,53,54);1-27H;3-27H,2H2,1H3. The first-order valence-corrected chi connectivity index (χ1v) is 49.7. The Labute approximate surface area is 839 Å². The van der Waals surface area contributed by atoms with Crippen LogP contribution < -0.4 is 5.32 Å². The van der Waals surface area contributed by atoms with Crippen LogP contribution in [-0.4, -0.2) is 39.5 Å². The van der Waals surface area contributed by atoms with Crippen LogP contribution in [0.4, 0.5) is 0 Å². The van der Waals surface area contributed by atoms with Gasteiger partial charge in [-0.15, -0.1) is 0 Å². The third kappa shape index (κ3) is 16.0. The van der Waals surface area contributed by atoms with Crippen molar-refractivity contribution in [1.29, 1.82) is 0 Å². The summed E-state index contributed by atoms with van der Waals surface area (Å²) >= 11 is 0.